The summed E-state index contributed by atoms with van der Waals surface area (Å²) < 4.78 is 1.99. The number of hydrazone groups is 1. The van der Waals surface area contributed by atoms with E-state index in [1.165, 1.54) is 17.0 Å². The zero-order valence-electron chi connectivity index (χ0n) is 8.28. The van der Waals surface area contributed by atoms with Crippen molar-refractivity contribution in [2.24, 2.45) is 5.10 Å². The van der Waals surface area contributed by atoms with E-state index in [9.17, 15) is 0 Å². The molecule has 0 spiro atoms. The van der Waals surface area contributed by atoms with Crippen molar-refractivity contribution in [1.82, 2.24) is 5.32 Å². The van der Waals surface area contributed by atoms with Crippen LogP contribution < -0.4 is 5.32 Å². The smallest absolute Gasteiger partial charge is 0.237 e. The van der Waals surface area contributed by atoms with Crippen molar-refractivity contribution in [3.63, 3.8) is 0 Å². The van der Waals surface area contributed by atoms with Crippen molar-refractivity contribution in [1.29, 1.82) is 0 Å². The van der Waals surface area contributed by atoms with Crippen LogP contribution in [0.2, 0.25) is 0 Å². The van der Waals surface area contributed by atoms with Crippen molar-refractivity contribution in [3.05, 3.63) is 41.5 Å². The molecule has 3 aliphatic heterocycles. The molecule has 71 valence electrons. The Balaban J connectivity index is 1.83. The predicted octanol–water partition coefficient (Wildman–Crippen LogP) is 0.905. The van der Waals surface area contributed by atoms with Crippen LogP contribution in [0.4, 0.5) is 0 Å². The summed E-state index contributed by atoms with van der Waals surface area (Å²) in [6, 6.07) is 8.77. The van der Waals surface area contributed by atoms with Crippen LogP contribution in [0.1, 0.15) is 11.1 Å². The number of rotatable bonds is 1. The molecule has 0 fully saturated rings. The van der Waals surface area contributed by atoms with E-state index in [1.807, 2.05) is 4.68 Å². The van der Waals surface area contributed by atoms with Crippen LogP contribution in [0.15, 0.2) is 29.4 Å². The summed E-state index contributed by atoms with van der Waals surface area (Å²) in [5.41, 5.74) is 4.60. The van der Waals surface area contributed by atoms with E-state index in [0.717, 1.165) is 11.4 Å². The third-order valence-electron chi connectivity index (χ3n) is 3.08. The van der Waals surface area contributed by atoms with Gasteiger partial charge in [0.2, 0.25) is 0 Å². The Bertz CT molecular complexity index is 578. The Kier molecular flexibility index (Phi) is 1.08. The van der Waals surface area contributed by atoms with Gasteiger partial charge in [0.05, 0.1) is 6.08 Å². The minimum Gasteiger partial charge on any atom is -0.237 e. The summed E-state index contributed by atoms with van der Waals surface area (Å²) in [7, 11) is 0. The first-order chi connectivity index (χ1) is 7.34. The van der Waals surface area contributed by atoms with E-state index in [1.54, 1.807) is 0 Å². The van der Waals surface area contributed by atoms with Crippen LogP contribution in [-0.4, -0.2) is 22.3 Å². The van der Waals surface area contributed by atoms with Crippen LogP contribution >= 0.6 is 0 Å². The van der Waals surface area contributed by atoms with E-state index in [0.29, 0.717) is 6.04 Å². The number of benzene rings is 1. The molecule has 1 aromatic carbocycles. The Morgan fingerprint density at radius 2 is 2.27 bits per heavy atom. The fourth-order valence-corrected chi connectivity index (χ4v) is 2.15. The van der Waals surface area contributed by atoms with Crippen molar-refractivity contribution in [2.45, 2.75) is 13.0 Å². The molecular weight excluding hydrogens is 186 g/mol. The van der Waals surface area contributed by atoms with E-state index >= 15 is 0 Å². The van der Waals surface area contributed by atoms with Gasteiger partial charge in [-0.15, -0.1) is 4.68 Å². The zero-order valence-corrected chi connectivity index (χ0v) is 8.28. The fourth-order valence-electron chi connectivity index (χ4n) is 2.15. The van der Waals surface area contributed by atoms with Gasteiger partial charge < -0.3 is 0 Å². The molecule has 1 atom stereocenters. The SMILES string of the molecule is Cc1ccccc1C1=[C]C2=N[N+]3=C(N1)C23. The fraction of sp³-hybridized carbons (Fsp3) is 0.167. The van der Waals surface area contributed by atoms with Crippen molar-refractivity contribution in [2.75, 3.05) is 0 Å². The van der Waals surface area contributed by atoms with Gasteiger partial charge in [0.15, 0.2) is 5.71 Å². The van der Waals surface area contributed by atoms with E-state index < -0.39 is 0 Å². The van der Waals surface area contributed by atoms with E-state index in [4.69, 9.17) is 0 Å². The summed E-state index contributed by atoms with van der Waals surface area (Å²) in [5, 5.41) is 7.65. The summed E-state index contributed by atoms with van der Waals surface area (Å²) in [6.07, 6.45) is 3.32. The third-order valence-corrected chi connectivity index (χ3v) is 3.08. The quantitative estimate of drug-likeness (QED) is 0.662. The highest BCUT2D eigenvalue weighted by atomic mass is 15.6. The van der Waals surface area contributed by atoms with Crippen molar-refractivity contribution in [3.8, 4) is 0 Å². The molecule has 0 saturated carbocycles. The molecule has 3 heteroatoms. The predicted molar refractivity (Wildman–Crippen MR) is 57.5 cm³/mol. The second-order valence-electron chi connectivity index (χ2n) is 4.06. The zero-order chi connectivity index (χ0) is 9.99. The largest absolute Gasteiger partial charge is 0.331 e. The molecule has 4 rings (SSSR count). The van der Waals surface area contributed by atoms with Gasteiger partial charge in [-0.2, -0.15) is 0 Å². The molecule has 3 nitrogen and oxygen atoms in total. The molecule has 1 N–H and O–H groups in total. The summed E-state index contributed by atoms with van der Waals surface area (Å²) in [6.45, 7) is 2.11. The maximum absolute atomic E-state index is 4.28. The lowest BCUT2D eigenvalue weighted by Crippen LogP contribution is -2.32. The van der Waals surface area contributed by atoms with Gasteiger partial charge in [-0.1, -0.05) is 29.4 Å². The summed E-state index contributed by atoms with van der Waals surface area (Å²) >= 11 is 0. The second kappa shape index (κ2) is 2.19. The van der Waals surface area contributed by atoms with Crippen LogP contribution in [0.5, 0.6) is 0 Å². The highest BCUT2D eigenvalue weighted by Crippen LogP contribution is 2.31. The number of nitrogens with zero attached hydrogens (tertiary/aromatic N) is 2. The van der Waals surface area contributed by atoms with Gasteiger partial charge in [0.25, 0.3) is 6.04 Å². The second-order valence-corrected chi connectivity index (χ2v) is 4.06. The van der Waals surface area contributed by atoms with Crippen LogP contribution in [0.25, 0.3) is 5.70 Å². The van der Waals surface area contributed by atoms with Gasteiger partial charge >= 0.3 is 5.84 Å². The van der Waals surface area contributed by atoms with Crippen molar-refractivity contribution >= 4 is 17.2 Å². The van der Waals surface area contributed by atoms with Crippen LogP contribution in [0.3, 0.4) is 0 Å². The first-order valence-electron chi connectivity index (χ1n) is 5.06. The molecule has 3 heterocycles. The average Bonchev–Trinajstić information content (AvgIpc) is 2.85. The molecule has 15 heavy (non-hydrogen) atoms. The number of hydrogen-bond acceptors (Lipinski definition) is 2. The Morgan fingerprint density at radius 3 is 3.07 bits per heavy atom. The monoisotopic (exact) mass is 195 g/mol. The Morgan fingerprint density at radius 1 is 1.40 bits per heavy atom. The van der Waals surface area contributed by atoms with Gasteiger partial charge in [0, 0.05) is 5.56 Å². The number of hydrogen-bond donors (Lipinski definition) is 1. The Hall–Kier alpha value is -1.90. The van der Waals surface area contributed by atoms with E-state index in [-0.39, 0.29) is 0 Å². The van der Waals surface area contributed by atoms with Crippen molar-refractivity contribution < 1.29 is 4.68 Å². The lowest BCUT2D eigenvalue weighted by molar-refractivity contribution is -0.485. The number of aryl methyl sites for hydroxylation is 1. The molecule has 1 unspecified atom stereocenters. The lowest BCUT2D eigenvalue weighted by atomic mass is 10.0. The topological polar surface area (TPSA) is 27.4 Å². The third kappa shape index (κ3) is 0.807. The highest BCUT2D eigenvalue weighted by Gasteiger charge is 2.61. The molecular formula is C12H9N3+. The molecule has 3 aliphatic rings. The molecule has 0 bridgehead atoms. The maximum Gasteiger partial charge on any atom is 0.331 e. The standard InChI is InChI=1S/C12H8N3/c1-7-4-2-3-5-8(7)9-6-10-11-12(13-9)15(11)14-10/h2-5,11H,1H3/p+1. The normalized spacial score (nSPS) is 24.7. The molecule has 0 aliphatic carbocycles. The first-order valence-corrected chi connectivity index (χ1v) is 5.06. The molecule has 0 amide bonds. The number of amidine groups is 1. The minimum atomic E-state index is 0.442. The number of nitrogens with one attached hydrogen (secondary N) is 1. The van der Waals surface area contributed by atoms with Gasteiger partial charge in [-0.05, 0) is 12.5 Å². The highest BCUT2D eigenvalue weighted by molar-refractivity contribution is 6.24. The summed E-state index contributed by atoms with van der Waals surface area (Å²) in [4.78, 5) is 0. The van der Waals surface area contributed by atoms with Crippen LogP contribution in [0, 0.1) is 13.0 Å². The first kappa shape index (κ1) is 7.40. The molecule has 0 aromatic heterocycles. The van der Waals surface area contributed by atoms with E-state index in [2.05, 4.69) is 47.7 Å². The molecule has 0 saturated heterocycles. The van der Waals surface area contributed by atoms with Gasteiger partial charge in [-0.3, -0.25) is 0 Å². The minimum absolute atomic E-state index is 0.442. The Labute approximate surface area is 87.4 Å². The van der Waals surface area contributed by atoms with Crippen LogP contribution in [-0.2, 0) is 0 Å². The van der Waals surface area contributed by atoms with Gasteiger partial charge in [0.1, 0.15) is 5.70 Å². The molecule has 1 radical (unpaired) electrons. The summed E-state index contributed by atoms with van der Waals surface area (Å²) in [5.74, 6) is 1.21. The maximum atomic E-state index is 4.28. The van der Waals surface area contributed by atoms with Gasteiger partial charge in [-0.25, -0.2) is 5.32 Å². The lowest BCUT2D eigenvalue weighted by Gasteiger charge is -2.09. The average molecular weight is 195 g/mol. The molecule has 1 aromatic rings.